The Morgan fingerprint density at radius 1 is 1.38 bits per heavy atom. The third kappa shape index (κ3) is 3.77. The first-order valence-electron chi connectivity index (χ1n) is 6.80. The molecule has 1 aliphatic heterocycles. The van der Waals surface area contributed by atoms with E-state index in [2.05, 4.69) is 13.8 Å². The third-order valence-corrected chi connectivity index (χ3v) is 6.89. The van der Waals surface area contributed by atoms with E-state index in [1.54, 1.807) is 11.8 Å². The molecule has 1 saturated heterocycles. The Labute approximate surface area is 129 Å². The van der Waals surface area contributed by atoms with E-state index in [-0.39, 0.29) is 15.2 Å². The Bertz CT molecular complexity index is 617. The molecule has 1 aliphatic rings. The van der Waals surface area contributed by atoms with Crippen LogP contribution in [0.4, 0.5) is 4.39 Å². The lowest BCUT2D eigenvalue weighted by molar-refractivity contribution is 0.275. The predicted molar refractivity (Wildman–Crippen MR) is 82.2 cm³/mol. The summed E-state index contributed by atoms with van der Waals surface area (Å²) in [5, 5.41) is 9.08. The van der Waals surface area contributed by atoms with E-state index in [9.17, 15) is 12.8 Å². The predicted octanol–water partition coefficient (Wildman–Crippen LogP) is 2.22. The van der Waals surface area contributed by atoms with E-state index in [0.29, 0.717) is 13.1 Å². The molecule has 118 valence electrons. The summed E-state index contributed by atoms with van der Waals surface area (Å²) in [6.45, 7) is 4.60. The maximum atomic E-state index is 13.4. The maximum absolute atomic E-state index is 13.4. The van der Waals surface area contributed by atoms with E-state index < -0.39 is 22.4 Å². The smallest absolute Gasteiger partial charge is 0.243 e. The standard InChI is InChI=1S/C14H20FNO3S2/c1-14(2)5-6-16(7-8-20-14)21(18,19)12-3-4-13(15)11(9-12)10-17/h3-4,9,17H,5-8,10H2,1-2H3. The molecule has 0 aliphatic carbocycles. The van der Waals surface area contributed by atoms with Gasteiger partial charge in [0.1, 0.15) is 5.82 Å². The van der Waals surface area contributed by atoms with Crippen molar-refractivity contribution in [1.29, 1.82) is 0 Å². The molecule has 0 unspecified atom stereocenters. The van der Waals surface area contributed by atoms with Crippen molar-refractivity contribution in [3.05, 3.63) is 29.6 Å². The molecule has 21 heavy (non-hydrogen) atoms. The second-order valence-corrected chi connectivity index (χ2v) is 9.41. The fraction of sp³-hybridized carbons (Fsp3) is 0.571. The van der Waals surface area contributed by atoms with Crippen molar-refractivity contribution in [2.24, 2.45) is 0 Å². The lowest BCUT2D eigenvalue weighted by atomic mass is 10.1. The Kier molecular flexibility index (Phi) is 4.97. The van der Waals surface area contributed by atoms with Crippen LogP contribution in [0, 0.1) is 5.82 Å². The second-order valence-electron chi connectivity index (χ2n) is 5.67. The second kappa shape index (κ2) is 6.24. The lowest BCUT2D eigenvalue weighted by Crippen LogP contribution is -2.33. The van der Waals surface area contributed by atoms with Crippen molar-refractivity contribution < 1.29 is 17.9 Å². The fourth-order valence-corrected chi connectivity index (χ4v) is 4.93. The van der Waals surface area contributed by atoms with Gasteiger partial charge in [0.2, 0.25) is 10.0 Å². The van der Waals surface area contributed by atoms with Crippen molar-refractivity contribution in [2.45, 2.75) is 36.5 Å². The van der Waals surface area contributed by atoms with Crippen LogP contribution in [-0.2, 0) is 16.6 Å². The number of nitrogens with zero attached hydrogens (tertiary/aromatic N) is 1. The normalized spacial score (nSPS) is 20.2. The van der Waals surface area contributed by atoms with Crippen LogP contribution in [0.25, 0.3) is 0 Å². The number of halogens is 1. The Hall–Kier alpha value is -0.630. The lowest BCUT2D eigenvalue weighted by Gasteiger charge is -2.22. The minimum absolute atomic E-state index is 0.000557. The highest BCUT2D eigenvalue weighted by Crippen LogP contribution is 2.32. The highest BCUT2D eigenvalue weighted by molar-refractivity contribution is 8.00. The van der Waals surface area contributed by atoms with Crippen LogP contribution in [0.15, 0.2) is 23.1 Å². The van der Waals surface area contributed by atoms with Crippen molar-refractivity contribution in [3.8, 4) is 0 Å². The molecule has 0 spiro atoms. The minimum Gasteiger partial charge on any atom is -0.392 e. The van der Waals surface area contributed by atoms with Crippen molar-refractivity contribution in [2.75, 3.05) is 18.8 Å². The number of hydrogen-bond acceptors (Lipinski definition) is 4. The van der Waals surface area contributed by atoms with Crippen molar-refractivity contribution in [3.63, 3.8) is 0 Å². The highest BCUT2D eigenvalue weighted by Gasteiger charge is 2.31. The monoisotopic (exact) mass is 333 g/mol. The summed E-state index contributed by atoms with van der Waals surface area (Å²) in [5.41, 5.74) is 0.000557. The van der Waals surface area contributed by atoms with Crippen LogP contribution >= 0.6 is 11.8 Å². The molecule has 0 aromatic heterocycles. The van der Waals surface area contributed by atoms with Crippen LogP contribution in [0.3, 0.4) is 0 Å². The first kappa shape index (κ1) is 16.7. The highest BCUT2D eigenvalue weighted by atomic mass is 32.2. The van der Waals surface area contributed by atoms with Gasteiger partial charge in [-0.3, -0.25) is 0 Å². The molecule has 0 amide bonds. The Morgan fingerprint density at radius 2 is 2.10 bits per heavy atom. The van der Waals surface area contributed by atoms with Gasteiger partial charge in [-0.25, -0.2) is 12.8 Å². The first-order chi connectivity index (χ1) is 9.76. The molecule has 1 fully saturated rings. The van der Waals surface area contributed by atoms with Gasteiger partial charge in [0.15, 0.2) is 0 Å². The summed E-state index contributed by atoms with van der Waals surface area (Å²) in [4.78, 5) is 0.0395. The van der Waals surface area contributed by atoms with Crippen LogP contribution in [-0.4, -0.2) is 41.4 Å². The van der Waals surface area contributed by atoms with Crippen LogP contribution < -0.4 is 0 Å². The molecular weight excluding hydrogens is 313 g/mol. The molecule has 2 rings (SSSR count). The van der Waals surface area contributed by atoms with E-state index in [0.717, 1.165) is 18.2 Å². The van der Waals surface area contributed by atoms with Gasteiger partial charge in [-0.2, -0.15) is 16.1 Å². The van der Waals surface area contributed by atoms with Crippen LogP contribution in [0.5, 0.6) is 0 Å². The number of sulfonamides is 1. The van der Waals surface area contributed by atoms with Gasteiger partial charge in [-0.05, 0) is 24.6 Å². The van der Waals surface area contributed by atoms with Crippen molar-refractivity contribution in [1.82, 2.24) is 4.31 Å². The average molecular weight is 333 g/mol. The molecule has 7 heteroatoms. The summed E-state index contributed by atoms with van der Waals surface area (Å²) >= 11 is 1.76. The molecule has 0 bridgehead atoms. The molecule has 0 saturated carbocycles. The van der Waals surface area contributed by atoms with Gasteiger partial charge in [-0.15, -0.1) is 0 Å². The molecule has 0 radical (unpaired) electrons. The number of benzene rings is 1. The minimum atomic E-state index is -3.64. The summed E-state index contributed by atoms with van der Waals surface area (Å²) < 4.78 is 40.2. The van der Waals surface area contributed by atoms with E-state index in [1.807, 2.05) is 0 Å². The Morgan fingerprint density at radius 3 is 2.76 bits per heavy atom. The van der Waals surface area contributed by atoms with Gasteiger partial charge in [0, 0.05) is 29.2 Å². The number of rotatable bonds is 3. The molecule has 1 N–H and O–H groups in total. The molecule has 0 atom stereocenters. The van der Waals surface area contributed by atoms with Gasteiger partial charge in [0.25, 0.3) is 0 Å². The van der Waals surface area contributed by atoms with Crippen LogP contribution in [0.2, 0.25) is 0 Å². The largest absolute Gasteiger partial charge is 0.392 e. The molecule has 1 heterocycles. The van der Waals surface area contributed by atoms with E-state index in [4.69, 9.17) is 5.11 Å². The number of hydrogen-bond donors (Lipinski definition) is 1. The molecule has 1 aromatic rings. The van der Waals surface area contributed by atoms with E-state index >= 15 is 0 Å². The summed E-state index contributed by atoms with van der Waals surface area (Å²) in [6.07, 6.45) is 0.769. The first-order valence-corrected chi connectivity index (χ1v) is 9.22. The fourth-order valence-electron chi connectivity index (χ4n) is 2.22. The molecule has 1 aromatic carbocycles. The van der Waals surface area contributed by atoms with Gasteiger partial charge >= 0.3 is 0 Å². The van der Waals surface area contributed by atoms with Crippen molar-refractivity contribution >= 4 is 21.8 Å². The van der Waals surface area contributed by atoms with Crippen LogP contribution in [0.1, 0.15) is 25.8 Å². The number of thioether (sulfide) groups is 1. The maximum Gasteiger partial charge on any atom is 0.243 e. The van der Waals surface area contributed by atoms with Gasteiger partial charge in [-0.1, -0.05) is 13.8 Å². The third-order valence-electron chi connectivity index (χ3n) is 3.62. The average Bonchev–Trinajstić information content (AvgIpc) is 2.60. The van der Waals surface area contributed by atoms with Gasteiger partial charge < -0.3 is 5.11 Å². The number of aliphatic hydroxyl groups is 1. The zero-order valence-corrected chi connectivity index (χ0v) is 13.8. The van der Waals surface area contributed by atoms with Gasteiger partial charge in [0.05, 0.1) is 11.5 Å². The Balaban J connectivity index is 2.29. The van der Waals surface area contributed by atoms with E-state index in [1.165, 1.54) is 16.4 Å². The topological polar surface area (TPSA) is 57.6 Å². The quantitative estimate of drug-likeness (QED) is 0.921. The molecular formula is C14H20FNO3S2. The summed E-state index contributed by atoms with van der Waals surface area (Å²) in [7, 11) is -3.64. The number of aliphatic hydroxyl groups excluding tert-OH is 1. The summed E-state index contributed by atoms with van der Waals surface area (Å²) in [5.74, 6) is 0.143. The summed E-state index contributed by atoms with van der Waals surface area (Å²) in [6, 6.07) is 3.57. The zero-order chi connectivity index (χ0) is 15.7. The molecule has 4 nitrogen and oxygen atoms in total. The zero-order valence-electron chi connectivity index (χ0n) is 12.2. The SMILES string of the molecule is CC1(C)CCN(S(=O)(=O)c2ccc(F)c(CO)c2)CCS1.